The van der Waals surface area contributed by atoms with Gasteiger partial charge in [0.2, 0.25) is 0 Å². The van der Waals surface area contributed by atoms with Crippen molar-refractivity contribution in [2.45, 2.75) is 56.2 Å². The van der Waals surface area contributed by atoms with Crippen molar-refractivity contribution >= 4 is 35.2 Å². The van der Waals surface area contributed by atoms with Crippen molar-refractivity contribution in [1.82, 2.24) is 10.3 Å². The monoisotopic (exact) mass is 527 g/mol. The van der Waals surface area contributed by atoms with E-state index in [1.807, 2.05) is 6.07 Å². The number of nitrogens with two attached hydrogens (primary N) is 1. The number of hydrogen-bond donors (Lipinski definition) is 3. The Bertz CT molecular complexity index is 1240. The van der Waals surface area contributed by atoms with Crippen LogP contribution in [0.1, 0.15) is 36.8 Å². The predicted molar refractivity (Wildman–Crippen MR) is 138 cm³/mol. The van der Waals surface area contributed by atoms with E-state index in [2.05, 4.69) is 21.7 Å². The van der Waals surface area contributed by atoms with Crippen LogP contribution < -0.4 is 30.7 Å². The zero-order valence-electron chi connectivity index (χ0n) is 20.4. The zero-order chi connectivity index (χ0) is 25.6. The largest absolute Gasteiger partial charge is 0.492 e. The maximum absolute atomic E-state index is 12.4. The third-order valence-electron chi connectivity index (χ3n) is 7.34. The summed E-state index contributed by atoms with van der Waals surface area (Å²) < 4.78 is 16.8. The molecule has 2 atom stereocenters. The summed E-state index contributed by atoms with van der Waals surface area (Å²) in [5.41, 5.74) is 8.38. The Hall–Kier alpha value is -3.08. The molecule has 6 rings (SSSR count). The number of carbonyl (C=O) groups is 2. The van der Waals surface area contributed by atoms with Gasteiger partial charge in [-0.2, -0.15) is 0 Å². The third kappa shape index (κ3) is 5.32. The fourth-order valence-electron chi connectivity index (χ4n) is 5.02. The Balaban J connectivity index is 0.963. The first-order valence-electron chi connectivity index (χ1n) is 12.7. The van der Waals surface area contributed by atoms with Gasteiger partial charge in [0, 0.05) is 11.1 Å². The molecule has 1 saturated carbocycles. The van der Waals surface area contributed by atoms with Crippen molar-refractivity contribution in [2.24, 2.45) is 5.73 Å². The maximum atomic E-state index is 12.4. The van der Waals surface area contributed by atoms with E-state index in [0.29, 0.717) is 36.6 Å². The lowest BCUT2D eigenvalue weighted by atomic mass is 10.1. The van der Waals surface area contributed by atoms with E-state index in [4.69, 9.17) is 31.5 Å². The maximum Gasteiger partial charge on any atom is 0.415 e. The van der Waals surface area contributed by atoms with Crippen LogP contribution in [0.3, 0.4) is 0 Å². The molecule has 0 spiro atoms. The highest BCUT2D eigenvalue weighted by Crippen LogP contribution is 2.36. The predicted octanol–water partition coefficient (Wildman–Crippen LogP) is 2.80. The van der Waals surface area contributed by atoms with E-state index < -0.39 is 6.09 Å². The Morgan fingerprint density at radius 2 is 2.14 bits per heavy atom. The molecule has 4 N–H and O–H groups in total. The molecule has 37 heavy (non-hydrogen) atoms. The number of nitrogens with one attached hydrogen (secondary N) is 2. The average molecular weight is 528 g/mol. The van der Waals surface area contributed by atoms with Gasteiger partial charge in [-0.3, -0.25) is 9.69 Å². The Kier molecular flexibility index (Phi) is 6.34. The Labute approximate surface area is 219 Å². The van der Waals surface area contributed by atoms with Crippen LogP contribution >= 0.6 is 11.6 Å². The molecule has 2 unspecified atom stereocenters. The van der Waals surface area contributed by atoms with E-state index in [1.54, 1.807) is 12.1 Å². The molecule has 196 valence electrons. The van der Waals surface area contributed by atoms with Crippen molar-refractivity contribution in [2.75, 3.05) is 36.5 Å². The molecule has 2 aromatic rings. The minimum absolute atomic E-state index is 0.0410. The van der Waals surface area contributed by atoms with Crippen molar-refractivity contribution in [1.29, 1.82) is 0 Å². The Morgan fingerprint density at radius 3 is 2.97 bits per heavy atom. The smallest absolute Gasteiger partial charge is 0.415 e. The molecule has 2 amide bonds. The highest BCUT2D eigenvalue weighted by Gasteiger charge is 2.39. The van der Waals surface area contributed by atoms with Crippen LogP contribution in [0.5, 0.6) is 11.5 Å². The number of amides is 2. The van der Waals surface area contributed by atoms with Gasteiger partial charge < -0.3 is 30.6 Å². The number of hydrogen-bond acceptors (Lipinski definition) is 8. The van der Waals surface area contributed by atoms with Crippen LogP contribution in [-0.2, 0) is 22.4 Å². The summed E-state index contributed by atoms with van der Waals surface area (Å²) in [6.45, 7) is 1.71. The molecular weight excluding hydrogens is 498 g/mol. The molecule has 2 aliphatic heterocycles. The normalized spacial score (nSPS) is 23.1. The fraction of sp³-hybridized carbons (Fsp3) is 0.500. The summed E-state index contributed by atoms with van der Waals surface area (Å²) in [7, 11) is 0. The van der Waals surface area contributed by atoms with Crippen molar-refractivity contribution in [3.05, 3.63) is 40.4 Å². The van der Waals surface area contributed by atoms with Crippen LogP contribution in [0.4, 0.5) is 16.4 Å². The van der Waals surface area contributed by atoms with Gasteiger partial charge in [-0.05, 0) is 80.5 Å². The number of fused-ring (bicyclic) bond motifs is 2. The number of aromatic nitrogens is 1. The highest BCUT2D eigenvalue weighted by molar-refractivity contribution is 6.31. The number of nitrogens with zero attached hydrogens (tertiary/aromatic N) is 2. The van der Waals surface area contributed by atoms with E-state index in [-0.39, 0.29) is 24.2 Å². The van der Waals surface area contributed by atoms with Gasteiger partial charge in [0.1, 0.15) is 24.3 Å². The molecule has 1 aromatic carbocycles. The summed E-state index contributed by atoms with van der Waals surface area (Å²) in [5.74, 6) is 1.75. The summed E-state index contributed by atoms with van der Waals surface area (Å²) in [6, 6.07) is 7.69. The van der Waals surface area contributed by atoms with Crippen LogP contribution in [0.25, 0.3) is 0 Å². The van der Waals surface area contributed by atoms with Crippen LogP contribution in [0, 0.1) is 0 Å². The molecule has 0 radical (unpaired) electrons. The van der Waals surface area contributed by atoms with Crippen LogP contribution in [-0.4, -0.2) is 61.0 Å². The first-order valence-corrected chi connectivity index (χ1v) is 13.1. The number of anilines is 2. The molecule has 2 fully saturated rings. The van der Waals surface area contributed by atoms with E-state index in [1.165, 1.54) is 16.0 Å². The summed E-state index contributed by atoms with van der Waals surface area (Å²) in [5, 5.41) is 7.03. The number of ether oxygens (including phenoxy) is 3. The summed E-state index contributed by atoms with van der Waals surface area (Å²) >= 11 is 6.55. The summed E-state index contributed by atoms with van der Waals surface area (Å²) in [6.07, 6.45) is 4.74. The van der Waals surface area contributed by atoms with E-state index in [0.717, 1.165) is 55.8 Å². The molecule has 0 bridgehead atoms. The second-order valence-electron chi connectivity index (χ2n) is 10.4. The molecule has 4 aliphatic rings. The first kappa shape index (κ1) is 24.3. The van der Waals surface area contributed by atoms with Gasteiger partial charge in [-0.15, -0.1) is 0 Å². The van der Waals surface area contributed by atoms with Gasteiger partial charge in [-0.1, -0.05) is 11.6 Å². The molecule has 1 saturated heterocycles. The SMILES string of the molecule is NC1(COc2cc(Cl)c3c(c2)CC(NCCCC2CN(c4ccc5c(n4)NC(=O)CO5)C(=O)O2)C3)CC1. The van der Waals surface area contributed by atoms with Crippen molar-refractivity contribution in [3.63, 3.8) is 0 Å². The quantitative estimate of drug-likeness (QED) is 0.425. The minimum atomic E-state index is -0.436. The molecule has 11 heteroatoms. The van der Waals surface area contributed by atoms with Crippen molar-refractivity contribution < 1.29 is 23.8 Å². The van der Waals surface area contributed by atoms with Crippen LogP contribution in [0.15, 0.2) is 24.3 Å². The van der Waals surface area contributed by atoms with Crippen LogP contribution in [0.2, 0.25) is 5.02 Å². The van der Waals surface area contributed by atoms with Gasteiger partial charge in [-0.25, -0.2) is 9.78 Å². The lowest BCUT2D eigenvalue weighted by Gasteiger charge is -2.19. The number of pyridine rings is 1. The molecule has 10 nitrogen and oxygen atoms in total. The molecule has 2 aliphatic carbocycles. The highest BCUT2D eigenvalue weighted by atomic mass is 35.5. The topological polar surface area (TPSA) is 128 Å². The number of benzene rings is 1. The molecule has 1 aromatic heterocycles. The lowest BCUT2D eigenvalue weighted by molar-refractivity contribution is -0.118. The second-order valence-corrected chi connectivity index (χ2v) is 10.8. The van der Waals surface area contributed by atoms with E-state index in [9.17, 15) is 9.59 Å². The van der Waals surface area contributed by atoms with Gasteiger partial charge in [0.05, 0.1) is 12.1 Å². The third-order valence-corrected chi connectivity index (χ3v) is 7.68. The second kappa shape index (κ2) is 9.66. The van der Waals surface area contributed by atoms with Gasteiger partial charge >= 0.3 is 6.09 Å². The van der Waals surface area contributed by atoms with Gasteiger partial charge in [0.15, 0.2) is 18.2 Å². The Morgan fingerprint density at radius 1 is 1.27 bits per heavy atom. The fourth-order valence-corrected chi connectivity index (χ4v) is 5.33. The number of rotatable bonds is 9. The summed E-state index contributed by atoms with van der Waals surface area (Å²) in [4.78, 5) is 29.9. The lowest BCUT2D eigenvalue weighted by Crippen LogP contribution is -2.31. The zero-order valence-corrected chi connectivity index (χ0v) is 21.2. The average Bonchev–Trinajstić information content (AvgIpc) is 3.28. The minimum Gasteiger partial charge on any atom is -0.492 e. The van der Waals surface area contributed by atoms with E-state index >= 15 is 0 Å². The number of halogens is 1. The number of cyclic esters (lactones) is 1. The van der Waals surface area contributed by atoms with Crippen molar-refractivity contribution in [3.8, 4) is 11.5 Å². The molecular formula is C26H30ClN5O5. The standard InChI is InChI=1S/C26H30ClN5O5/c27-20-11-18(36-14-26(28)5-6-26)9-15-8-16(10-19(15)20)29-7-1-2-17-12-32(25(34)37-17)22-4-3-21-24(30-22)31-23(33)13-35-21/h3-4,9,11,16-17,29H,1-2,5-8,10,12-14,28H2,(H,30,31,33). The van der Waals surface area contributed by atoms with Gasteiger partial charge in [0.25, 0.3) is 5.91 Å². The molecule has 3 heterocycles. The first-order chi connectivity index (χ1) is 17.8. The number of carbonyl (C=O) groups excluding carboxylic acids is 2.